The Morgan fingerprint density at radius 3 is 2.80 bits per heavy atom. The average Bonchev–Trinajstić information content (AvgIpc) is 2.49. The molecule has 3 rings (SSSR count). The lowest BCUT2D eigenvalue weighted by Gasteiger charge is -2.35. The van der Waals surface area contributed by atoms with E-state index in [1.165, 1.54) is 18.4 Å². The molecule has 1 saturated heterocycles. The van der Waals surface area contributed by atoms with E-state index in [4.69, 9.17) is 5.73 Å². The normalized spacial score (nSPS) is 19.9. The summed E-state index contributed by atoms with van der Waals surface area (Å²) in [6, 6.07) is 6.45. The molecule has 0 aromatic carbocycles. The minimum absolute atomic E-state index is 0.335. The molecule has 0 aliphatic carbocycles. The van der Waals surface area contributed by atoms with E-state index in [1.807, 2.05) is 18.5 Å². The predicted octanol–water partition coefficient (Wildman–Crippen LogP) is 2.18. The highest BCUT2D eigenvalue weighted by Gasteiger charge is 2.25. The van der Waals surface area contributed by atoms with Crippen LogP contribution in [0.2, 0.25) is 0 Å². The summed E-state index contributed by atoms with van der Waals surface area (Å²) in [5, 5.41) is 0. The van der Waals surface area contributed by atoms with E-state index in [0.29, 0.717) is 12.0 Å². The van der Waals surface area contributed by atoms with Crippen molar-refractivity contribution in [3.05, 3.63) is 48.0 Å². The van der Waals surface area contributed by atoms with Crippen molar-refractivity contribution >= 4 is 5.95 Å². The number of hydrogen-bond acceptors (Lipinski definition) is 5. The van der Waals surface area contributed by atoms with Crippen LogP contribution in [0.1, 0.15) is 36.6 Å². The molecule has 0 unspecified atom stereocenters. The number of nitrogen functional groups attached to an aromatic ring is 1. The number of rotatable bonds is 3. The molecule has 0 saturated carbocycles. The van der Waals surface area contributed by atoms with E-state index in [-0.39, 0.29) is 0 Å². The SMILES string of the molecule is Nc1nccc([C@@H]2CCCCN2Cc2ccncc2)n1. The van der Waals surface area contributed by atoms with Gasteiger partial charge in [-0.25, -0.2) is 9.97 Å². The highest BCUT2D eigenvalue weighted by Crippen LogP contribution is 2.31. The second-order valence-corrected chi connectivity index (χ2v) is 5.18. The van der Waals surface area contributed by atoms with Gasteiger partial charge in [0.25, 0.3) is 0 Å². The lowest BCUT2D eigenvalue weighted by atomic mass is 9.98. The quantitative estimate of drug-likeness (QED) is 0.925. The first-order chi connectivity index (χ1) is 9.83. The molecule has 3 heterocycles. The van der Waals surface area contributed by atoms with E-state index in [0.717, 1.165) is 25.2 Å². The molecule has 1 atom stereocenters. The fourth-order valence-electron chi connectivity index (χ4n) is 2.81. The first-order valence-electron chi connectivity index (χ1n) is 7.04. The zero-order valence-corrected chi connectivity index (χ0v) is 11.4. The maximum atomic E-state index is 5.71. The van der Waals surface area contributed by atoms with Gasteiger partial charge in [0.15, 0.2) is 0 Å². The van der Waals surface area contributed by atoms with Gasteiger partial charge < -0.3 is 5.73 Å². The first kappa shape index (κ1) is 13.0. The van der Waals surface area contributed by atoms with Crippen LogP contribution >= 0.6 is 0 Å². The van der Waals surface area contributed by atoms with Gasteiger partial charge in [0.1, 0.15) is 0 Å². The van der Waals surface area contributed by atoms with Crippen LogP contribution in [0.15, 0.2) is 36.8 Å². The molecular weight excluding hydrogens is 250 g/mol. The third kappa shape index (κ3) is 2.93. The van der Waals surface area contributed by atoms with Gasteiger partial charge in [0, 0.05) is 25.1 Å². The molecule has 2 N–H and O–H groups in total. The van der Waals surface area contributed by atoms with Gasteiger partial charge in [-0.05, 0) is 43.1 Å². The van der Waals surface area contributed by atoms with Crippen molar-refractivity contribution < 1.29 is 0 Å². The van der Waals surface area contributed by atoms with E-state index >= 15 is 0 Å². The van der Waals surface area contributed by atoms with Crippen molar-refractivity contribution in [1.29, 1.82) is 0 Å². The Labute approximate surface area is 118 Å². The topological polar surface area (TPSA) is 67.9 Å². The van der Waals surface area contributed by atoms with E-state index in [1.54, 1.807) is 6.20 Å². The third-order valence-corrected chi connectivity index (χ3v) is 3.79. The lowest BCUT2D eigenvalue weighted by molar-refractivity contribution is 0.137. The Morgan fingerprint density at radius 1 is 1.15 bits per heavy atom. The van der Waals surface area contributed by atoms with Crippen molar-refractivity contribution in [2.45, 2.75) is 31.8 Å². The van der Waals surface area contributed by atoms with Gasteiger partial charge in [-0.15, -0.1) is 0 Å². The van der Waals surface area contributed by atoms with Gasteiger partial charge in [0.2, 0.25) is 5.95 Å². The number of pyridine rings is 1. The summed E-state index contributed by atoms with van der Waals surface area (Å²) in [5.74, 6) is 0.358. The zero-order valence-electron chi connectivity index (χ0n) is 11.4. The molecule has 1 aliphatic heterocycles. The van der Waals surface area contributed by atoms with Crippen molar-refractivity contribution in [2.24, 2.45) is 0 Å². The molecule has 20 heavy (non-hydrogen) atoms. The van der Waals surface area contributed by atoms with Crippen molar-refractivity contribution in [3.8, 4) is 0 Å². The number of hydrogen-bond donors (Lipinski definition) is 1. The predicted molar refractivity (Wildman–Crippen MR) is 77.7 cm³/mol. The van der Waals surface area contributed by atoms with Crippen LogP contribution in [0.25, 0.3) is 0 Å². The van der Waals surface area contributed by atoms with Crippen LogP contribution in [0, 0.1) is 0 Å². The average molecular weight is 269 g/mol. The number of nitrogens with zero attached hydrogens (tertiary/aromatic N) is 4. The monoisotopic (exact) mass is 269 g/mol. The van der Waals surface area contributed by atoms with Gasteiger partial charge in [-0.2, -0.15) is 0 Å². The molecule has 0 bridgehead atoms. The molecule has 104 valence electrons. The van der Waals surface area contributed by atoms with Gasteiger partial charge in [-0.3, -0.25) is 9.88 Å². The van der Waals surface area contributed by atoms with E-state index in [2.05, 4.69) is 32.0 Å². The number of nitrogens with two attached hydrogens (primary N) is 1. The van der Waals surface area contributed by atoms with Gasteiger partial charge in [0.05, 0.1) is 11.7 Å². The largest absolute Gasteiger partial charge is 0.368 e. The van der Waals surface area contributed by atoms with E-state index in [9.17, 15) is 0 Å². The van der Waals surface area contributed by atoms with Crippen molar-refractivity contribution in [2.75, 3.05) is 12.3 Å². The van der Waals surface area contributed by atoms with Crippen LogP contribution in [-0.4, -0.2) is 26.4 Å². The summed E-state index contributed by atoms with van der Waals surface area (Å²) in [4.78, 5) is 14.9. The zero-order chi connectivity index (χ0) is 13.8. The second-order valence-electron chi connectivity index (χ2n) is 5.18. The standard InChI is InChI=1S/C15H19N5/c16-15-18-9-6-13(19-15)14-3-1-2-10-20(14)11-12-4-7-17-8-5-12/h4-9,14H,1-3,10-11H2,(H2,16,18,19)/t14-/m0/s1. The Kier molecular flexibility index (Phi) is 3.87. The second kappa shape index (κ2) is 5.96. The summed E-state index contributed by atoms with van der Waals surface area (Å²) >= 11 is 0. The molecule has 5 nitrogen and oxygen atoms in total. The van der Waals surface area contributed by atoms with Crippen LogP contribution in [-0.2, 0) is 6.54 Å². The summed E-state index contributed by atoms with van der Waals surface area (Å²) < 4.78 is 0. The Morgan fingerprint density at radius 2 is 2.00 bits per heavy atom. The Balaban J connectivity index is 1.80. The summed E-state index contributed by atoms with van der Waals surface area (Å²) in [6.07, 6.45) is 9.04. The molecule has 1 aliphatic rings. The molecule has 1 fully saturated rings. The summed E-state index contributed by atoms with van der Waals surface area (Å²) in [5.41, 5.74) is 8.03. The van der Waals surface area contributed by atoms with Crippen LogP contribution in [0.3, 0.4) is 0 Å². The molecular formula is C15H19N5. The van der Waals surface area contributed by atoms with Crippen LogP contribution in [0.4, 0.5) is 5.95 Å². The maximum Gasteiger partial charge on any atom is 0.220 e. The fourth-order valence-corrected chi connectivity index (χ4v) is 2.81. The van der Waals surface area contributed by atoms with E-state index < -0.39 is 0 Å². The summed E-state index contributed by atoms with van der Waals surface area (Å²) in [6.45, 7) is 2.02. The maximum absolute atomic E-state index is 5.71. The number of likely N-dealkylation sites (tertiary alicyclic amines) is 1. The number of aromatic nitrogens is 3. The first-order valence-corrected chi connectivity index (χ1v) is 7.04. The minimum Gasteiger partial charge on any atom is -0.368 e. The molecule has 2 aromatic heterocycles. The van der Waals surface area contributed by atoms with Gasteiger partial charge in [-0.1, -0.05) is 6.42 Å². The Hall–Kier alpha value is -2.01. The number of piperidine rings is 1. The number of anilines is 1. The van der Waals surface area contributed by atoms with Crippen molar-refractivity contribution in [1.82, 2.24) is 19.9 Å². The minimum atomic E-state index is 0.335. The lowest BCUT2D eigenvalue weighted by Crippen LogP contribution is -2.33. The fraction of sp³-hybridized carbons (Fsp3) is 0.400. The smallest absolute Gasteiger partial charge is 0.220 e. The highest BCUT2D eigenvalue weighted by molar-refractivity contribution is 5.20. The van der Waals surface area contributed by atoms with Crippen LogP contribution < -0.4 is 5.73 Å². The molecule has 2 aromatic rings. The van der Waals surface area contributed by atoms with Crippen molar-refractivity contribution in [3.63, 3.8) is 0 Å². The molecule has 0 amide bonds. The highest BCUT2D eigenvalue weighted by atomic mass is 15.2. The van der Waals surface area contributed by atoms with Crippen LogP contribution in [0.5, 0.6) is 0 Å². The third-order valence-electron chi connectivity index (χ3n) is 3.79. The summed E-state index contributed by atoms with van der Waals surface area (Å²) in [7, 11) is 0. The van der Waals surface area contributed by atoms with Gasteiger partial charge >= 0.3 is 0 Å². The molecule has 0 spiro atoms. The molecule has 5 heteroatoms. The molecule has 0 radical (unpaired) electrons. The Bertz CT molecular complexity index is 557.